The van der Waals surface area contributed by atoms with Crippen LogP contribution in [0.25, 0.3) is 10.4 Å². The van der Waals surface area contributed by atoms with E-state index < -0.39 is 0 Å². The third kappa shape index (κ3) is 5.64. The van der Waals surface area contributed by atoms with Crippen LogP contribution in [0.5, 0.6) is 5.75 Å². The molecule has 0 fully saturated rings. The van der Waals surface area contributed by atoms with Gasteiger partial charge in [0.25, 0.3) is 0 Å². The van der Waals surface area contributed by atoms with E-state index in [9.17, 15) is 0 Å². The van der Waals surface area contributed by atoms with Crippen molar-refractivity contribution < 1.29 is 9.84 Å². The van der Waals surface area contributed by atoms with Crippen LogP contribution < -0.4 is 4.74 Å². The minimum Gasteiger partial charge on any atom is -0.494 e. The monoisotopic (exact) mass is 263 g/mol. The second kappa shape index (κ2) is 9.25. The zero-order chi connectivity index (χ0) is 13.9. The lowest BCUT2D eigenvalue weighted by atomic mass is 10.0. The molecule has 1 N–H and O–H groups in total. The first-order valence-corrected chi connectivity index (χ1v) is 6.69. The Morgan fingerprint density at radius 2 is 2.05 bits per heavy atom. The molecule has 1 aromatic rings. The van der Waals surface area contributed by atoms with Gasteiger partial charge in [-0.3, -0.25) is 0 Å². The number of ether oxygens (including phenoxy) is 1. The van der Waals surface area contributed by atoms with Gasteiger partial charge < -0.3 is 9.84 Å². The fourth-order valence-corrected chi connectivity index (χ4v) is 1.81. The van der Waals surface area contributed by atoms with Crippen molar-refractivity contribution in [3.63, 3.8) is 0 Å². The summed E-state index contributed by atoms with van der Waals surface area (Å²) in [6.07, 6.45) is 3.30. The zero-order valence-corrected chi connectivity index (χ0v) is 11.3. The summed E-state index contributed by atoms with van der Waals surface area (Å²) in [6.45, 7) is 2.94. The van der Waals surface area contributed by atoms with E-state index in [1.807, 2.05) is 24.3 Å². The van der Waals surface area contributed by atoms with E-state index in [4.69, 9.17) is 15.4 Å². The number of unbranched alkanes of at least 4 members (excludes halogenated alkanes) is 1. The van der Waals surface area contributed by atoms with Gasteiger partial charge in [0.05, 0.1) is 12.6 Å². The number of rotatable bonds is 9. The average molecular weight is 263 g/mol. The first kappa shape index (κ1) is 15.3. The summed E-state index contributed by atoms with van der Waals surface area (Å²) in [5, 5.41) is 12.6. The second-order valence-corrected chi connectivity index (χ2v) is 4.36. The van der Waals surface area contributed by atoms with Gasteiger partial charge in [0.1, 0.15) is 5.75 Å². The summed E-state index contributed by atoms with van der Waals surface area (Å²) in [5.41, 5.74) is 9.60. The van der Waals surface area contributed by atoms with E-state index in [0.717, 1.165) is 37.0 Å². The topological polar surface area (TPSA) is 78.2 Å². The standard InChI is InChI=1S/C14H21N3O2/c1-2-11-19-13-8-6-12(7-9-13)14(16-17-15)5-3-4-10-18/h6-9,14,18H,2-5,10-11H2,1H3. The minimum absolute atomic E-state index is 0.170. The Labute approximate surface area is 113 Å². The minimum atomic E-state index is -0.170. The SMILES string of the molecule is CCCOc1ccc(C(CCCCO)N=[N+]=[N-])cc1. The van der Waals surface area contributed by atoms with Gasteiger partial charge >= 0.3 is 0 Å². The van der Waals surface area contributed by atoms with Crippen molar-refractivity contribution in [1.82, 2.24) is 0 Å². The quantitative estimate of drug-likeness (QED) is 0.316. The van der Waals surface area contributed by atoms with Crippen molar-refractivity contribution in [2.75, 3.05) is 13.2 Å². The molecule has 1 unspecified atom stereocenters. The summed E-state index contributed by atoms with van der Waals surface area (Å²) in [4.78, 5) is 2.89. The number of aliphatic hydroxyl groups excluding tert-OH is 1. The van der Waals surface area contributed by atoms with Crippen molar-refractivity contribution in [3.05, 3.63) is 40.3 Å². The molecule has 1 atom stereocenters. The third-order valence-electron chi connectivity index (χ3n) is 2.81. The highest BCUT2D eigenvalue weighted by Crippen LogP contribution is 2.25. The third-order valence-corrected chi connectivity index (χ3v) is 2.81. The molecule has 1 rings (SSSR count). The smallest absolute Gasteiger partial charge is 0.119 e. The number of hydrogen-bond acceptors (Lipinski definition) is 3. The number of benzene rings is 1. The molecule has 0 heterocycles. The summed E-state index contributed by atoms with van der Waals surface area (Å²) in [5.74, 6) is 0.834. The van der Waals surface area contributed by atoms with Crippen molar-refractivity contribution in [3.8, 4) is 5.75 Å². The molecule has 5 nitrogen and oxygen atoms in total. The highest BCUT2D eigenvalue weighted by atomic mass is 16.5. The van der Waals surface area contributed by atoms with Crippen molar-refractivity contribution >= 4 is 0 Å². The van der Waals surface area contributed by atoms with Crippen LogP contribution in [0.3, 0.4) is 0 Å². The van der Waals surface area contributed by atoms with E-state index in [2.05, 4.69) is 16.9 Å². The predicted octanol–water partition coefficient (Wildman–Crippen LogP) is 3.99. The normalized spacial score (nSPS) is 11.7. The Kier molecular flexibility index (Phi) is 7.47. The van der Waals surface area contributed by atoms with Crippen LogP contribution in [-0.2, 0) is 0 Å². The lowest BCUT2D eigenvalue weighted by Gasteiger charge is -2.12. The van der Waals surface area contributed by atoms with Gasteiger partial charge in [0.15, 0.2) is 0 Å². The van der Waals surface area contributed by atoms with Crippen LogP contribution in [0.1, 0.15) is 44.2 Å². The van der Waals surface area contributed by atoms with E-state index in [-0.39, 0.29) is 12.6 Å². The molecule has 5 heteroatoms. The van der Waals surface area contributed by atoms with Crippen LogP contribution in [0.2, 0.25) is 0 Å². The molecule has 0 radical (unpaired) electrons. The number of nitrogens with zero attached hydrogens (tertiary/aromatic N) is 3. The Balaban J connectivity index is 2.65. The highest BCUT2D eigenvalue weighted by Gasteiger charge is 2.09. The Morgan fingerprint density at radius 3 is 2.63 bits per heavy atom. The largest absolute Gasteiger partial charge is 0.494 e. The maximum Gasteiger partial charge on any atom is 0.119 e. The highest BCUT2D eigenvalue weighted by molar-refractivity contribution is 5.29. The van der Waals surface area contributed by atoms with Crippen LogP contribution in [-0.4, -0.2) is 18.3 Å². The predicted molar refractivity (Wildman–Crippen MR) is 75.1 cm³/mol. The van der Waals surface area contributed by atoms with Crippen molar-refractivity contribution in [2.45, 2.75) is 38.6 Å². The molecular weight excluding hydrogens is 242 g/mol. The Bertz CT molecular complexity index is 400. The molecule has 0 spiro atoms. The van der Waals surface area contributed by atoms with Crippen LogP contribution in [0.4, 0.5) is 0 Å². The van der Waals surface area contributed by atoms with Crippen LogP contribution in [0.15, 0.2) is 29.4 Å². The molecule has 0 aliphatic heterocycles. The number of aliphatic hydroxyl groups is 1. The van der Waals surface area contributed by atoms with Gasteiger partial charge in [-0.2, -0.15) is 0 Å². The first-order chi connectivity index (χ1) is 9.31. The maximum absolute atomic E-state index is 8.78. The average Bonchev–Trinajstić information content (AvgIpc) is 2.45. The second-order valence-electron chi connectivity index (χ2n) is 4.36. The molecular formula is C14H21N3O2. The molecule has 0 saturated carbocycles. The van der Waals surface area contributed by atoms with Gasteiger partial charge in [0, 0.05) is 11.5 Å². The molecule has 0 aromatic heterocycles. The number of hydrogen-bond donors (Lipinski definition) is 1. The lowest BCUT2D eigenvalue weighted by Crippen LogP contribution is -1.98. The van der Waals surface area contributed by atoms with Gasteiger partial charge in [-0.15, -0.1) is 0 Å². The molecule has 0 aliphatic rings. The lowest BCUT2D eigenvalue weighted by molar-refractivity contribution is 0.281. The molecule has 0 amide bonds. The summed E-state index contributed by atoms with van der Waals surface area (Å²) >= 11 is 0. The molecule has 19 heavy (non-hydrogen) atoms. The van der Waals surface area contributed by atoms with E-state index in [1.54, 1.807) is 0 Å². The van der Waals surface area contributed by atoms with Gasteiger partial charge in [0.2, 0.25) is 0 Å². The fraction of sp³-hybridized carbons (Fsp3) is 0.571. The van der Waals surface area contributed by atoms with E-state index >= 15 is 0 Å². The van der Waals surface area contributed by atoms with E-state index in [1.165, 1.54) is 0 Å². The first-order valence-electron chi connectivity index (χ1n) is 6.69. The van der Waals surface area contributed by atoms with Crippen LogP contribution >= 0.6 is 0 Å². The Hall–Kier alpha value is -1.71. The molecule has 0 saturated heterocycles. The molecule has 0 bridgehead atoms. The van der Waals surface area contributed by atoms with Crippen molar-refractivity contribution in [1.29, 1.82) is 0 Å². The van der Waals surface area contributed by atoms with Gasteiger partial charge in [-0.25, -0.2) is 0 Å². The molecule has 1 aromatic carbocycles. The zero-order valence-electron chi connectivity index (χ0n) is 11.3. The summed E-state index contributed by atoms with van der Waals surface area (Å²) in [7, 11) is 0. The Morgan fingerprint density at radius 1 is 1.32 bits per heavy atom. The summed E-state index contributed by atoms with van der Waals surface area (Å²) in [6, 6.07) is 7.50. The van der Waals surface area contributed by atoms with Crippen LogP contribution in [0, 0.1) is 0 Å². The fourth-order valence-electron chi connectivity index (χ4n) is 1.81. The van der Waals surface area contributed by atoms with Crippen molar-refractivity contribution in [2.24, 2.45) is 5.11 Å². The molecule has 0 aliphatic carbocycles. The van der Waals surface area contributed by atoms with Gasteiger partial charge in [-0.05, 0) is 42.5 Å². The number of azide groups is 1. The summed E-state index contributed by atoms with van der Waals surface area (Å²) < 4.78 is 5.51. The van der Waals surface area contributed by atoms with Gasteiger partial charge in [-0.1, -0.05) is 30.6 Å². The molecule has 104 valence electrons. The maximum atomic E-state index is 8.78. The van der Waals surface area contributed by atoms with E-state index in [0.29, 0.717) is 6.61 Å².